The monoisotopic (exact) mass is 433 g/mol. The lowest BCUT2D eigenvalue weighted by Crippen LogP contribution is -2.10. The van der Waals surface area contributed by atoms with E-state index in [-0.39, 0.29) is 12.2 Å². The van der Waals surface area contributed by atoms with Crippen molar-refractivity contribution in [2.24, 2.45) is 0 Å². The Kier molecular flexibility index (Phi) is 6.05. The lowest BCUT2D eigenvalue weighted by atomic mass is 10.0. The number of ether oxygens (including phenoxy) is 2. The van der Waals surface area contributed by atoms with E-state index in [2.05, 4.69) is 4.98 Å². The molecular weight excluding hydrogens is 414 g/mol. The van der Waals surface area contributed by atoms with Gasteiger partial charge in [0.1, 0.15) is 12.4 Å². The van der Waals surface area contributed by atoms with Crippen molar-refractivity contribution < 1.29 is 19.1 Å². The number of carbonyl (C=O) groups is 2. The summed E-state index contributed by atoms with van der Waals surface area (Å²) >= 11 is 6.10. The smallest absolute Gasteiger partial charge is 0.310 e. The summed E-state index contributed by atoms with van der Waals surface area (Å²) in [4.78, 5) is 28.5. The number of aromatic nitrogens is 1. The predicted molar refractivity (Wildman–Crippen MR) is 120 cm³/mol. The first-order valence-corrected chi connectivity index (χ1v) is 10.1. The highest BCUT2D eigenvalue weighted by Crippen LogP contribution is 2.28. The van der Waals surface area contributed by atoms with E-state index >= 15 is 0 Å². The molecule has 0 unspecified atom stereocenters. The summed E-state index contributed by atoms with van der Waals surface area (Å²) in [5.74, 6) is -0.0791. The van der Waals surface area contributed by atoms with Crippen LogP contribution in [0.5, 0.6) is 5.75 Å². The minimum absolute atomic E-state index is 0.0244. The number of hydrogen-bond donors (Lipinski definition) is 1. The Hall–Kier alpha value is -3.57. The highest BCUT2D eigenvalue weighted by atomic mass is 35.5. The van der Waals surface area contributed by atoms with Crippen molar-refractivity contribution in [2.45, 2.75) is 13.0 Å². The second-order valence-corrected chi connectivity index (χ2v) is 7.49. The van der Waals surface area contributed by atoms with E-state index in [1.54, 1.807) is 42.5 Å². The molecule has 6 heteroatoms. The topological polar surface area (TPSA) is 68.4 Å². The summed E-state index contributed by atoms with van der Waals surface area (Å²) in [5, 5.41) is 1.29. The van der Waals surface area contributed by atoms with Crippen LogP contribution in [0.2, 0.25) is 5.02 Å². The number of benzene rings is 3. The Labute approximate surface area is 184 Å². The van der Waals surface area contributed by atoms with Gasteiger partial charge in [-0.1, -0.05) is 60.1 Å². The van der Waals surface area contributed by atoms with Crippen molar-refractivity contribution in [3.05, 3.63) is 100 Å². The molecular formula is C25H20ClNO4. The zero-order chi connectivity index (χ0) is 21.8. The molecule has 0 bridgehead atoms. The Bertz CT molecular complexity index is 1250. The second-order valence-electron chi connectivity index (χ2n) is 7.05. The lowest BCUT2D eigenvalue weighted by Gasteiger charge is -2.08. The van der Waals surface area contributed by atoms with Crippen LogP contribution in [0.4, 0.5) is 0 Å². The maximum atomic E-state index is 13.3. The maximum absolute atomic E-state index is 13.3. The molecule has 0 amide bonds. The van der Waals surface area contributed by atoms with Crippen LogP contribution in [-0.2, 0) is 22.6 Å². The number of hydrogen-bond acceptors (Lipinski definition) is 4. The molecule has 5 nitrogen and oxygen atoms in total. The third-order valence-corrected chi connectivity index (χ3v) is 5.22. The maximum Gasteiger partial charge on any atom is 0.310 e. The summed E-state index contributed by atoms with van der Waals surface area (Å²) in [6.45, 7) is 0.400. The molecule has 0 saturated heterocycles. The van der Waals surface area contributed by atoms with Crippen molar-refractivity contribution in [3.63, 3.8) is 0 Å². The molecule has 1 aromatic heterocycles. The predicted octanol–water partition coefficient (Wildman–Crippen LogP) is 5.35. The summed E-state index contributed by atoms with van der Waals surface area (Å²) < 4.78 is 10.7. The van der Waals surface area contributed by atoms with E-state index in [0.29, 0.717) is 39.7 Å². The number of H-pyrrole nitrogens is 1. The normalized spacial score (nSPS) is 10.8. The number of carbonyl (C=O) groups excluding carboxylic acids is 2. The SMILES string of the molecule is COC(=O)Cc1c(C(=O)c2cccc(OCc3ccccc3)c2)[nH]c2cc(Cl)ccc12. The molecule has 0 fully saturated rings. The van der Waals surface area contributed by atoms with E-state index in [1.807, 2.05) is 30.3 Å². The van der Waals surface area contributed by atoms with Crippen molar-refractivity contribution in [3.8, 4) is 5.75 Å². The molecule has 31 heavy (non-hydrogen) atoms. The van der Waals surface area contributed by atoms with Gasteiger partial charge in [-0.25, -0.2) is 0 Å². The number of ketones is 1. The van der Waals surface area contributed by atoms with Crippen molar-refractivity contribution in [1.29, 1.82) is 0 Å². The van der Waals surface area contributed by atoms with Gasteiger partial charge in [-0.2, -0.15) is 0 Å². The van der Waals surface area contributed by atoms with Gasteiger partial charge in [-0.15, -0.1) is 0 Å². The quantitative estimate of drug-likeness (QED) is 0.315. The fraction of sp³-hybridized carbons (Fsp3) is 0.120. The number of esters is 1. The highest BCUT2D eigenvalue weighted by molar-refractivity contribution is 6.31. The van der Waals surface area contributed by atoms with E-state index in [0.717, 1.165) is 10.9 Å². The van der Waals surface area contributed by atoms with Crippen LogP contribution in [-0.4, -0.2) is 23.8 Å². The van der Waals surface area contributed by atoms with Gasteiger partial charge >= 0.3 is 5.97 Å². The highest BCUT2D eigenvalue weighted by Gasteiger charge is 2.22. The Morgan fingerprint density at radius 2 is 1.77 bits per heavy atom. The fourth-order valence-electron chi connectivity index (χ4n) is 3.43. The number of halogens is 1. The van der Waals surface area contributed by atoms with Crippen LogP contribution < -0.4 is 4.74 Å². The third kappa shape index (κ3) is 4.62. The van der Waals surface area contributed by atoms with Crippen LogP contribution >= 0.6 is 11.6 Å². The second kappa shape index (κ2) is 9.06. The summed E-state index contributed by atoms with van der Waals surface area (Å²) in [6.07, 6.45) is -0.0244. The number of methoxy groups -OCH3 is 1. The van der Waals surface area contributed by atoms with Crippen LogP contribution in [0.25, 0.3) is 10.9 Å². The van der Waals surface area contributed by atoms with Gasteiger partial charge in [0, 0.05) is 27.1 Å². The van der Waals surface area contributed by atoms with Gasteiger partial charge in [0.15, 0.2) is 0 Å². The molecule has 0 spiro atoms. The largest absolute Gasteiger partial charge is 0.489 e. The molecule has 0 radical (unpaired) electrons. The van der Waals surface area contributed by atoms with Gasteiger partial charge in [0.25, 0.3) is 0 Å². The molecule has 0 atom stereocenters. The lowest BCUT2D eigenvalue weighted by molar-refractivity contribution is -0.139. The molecule has 4 rings (SSSR count). The average molecular weight is 434 g/mol. The Morgan fingerprint density at radius 3 is 2.55 bits per heavy atom. The minimum atomic E-state index is -0.426. The van der Waals surface area contributed by atoms with E-state index in [9.17, 15) is 9.59 Å². The molecule has 0 saturated carbocycles. The minimum Gasteiger partial charge on any atom is -0.489 e. The molecule has 1 heterocycles. The summed E-state index contributed by atoms with van der Waals surface area (Å²) in [7, 11) is 1.32. The van der Waals surface area contributed by atoms with Crippen molar-refractivity contribution in [2.75, 3.05) is 7.11 Å². The van der Waals surface area contributed by atoms with Crippen LogP contribution in [0.15, 0.2) is 72.8 Å². The van der Waals surface area contributed by atoms with Gasteiger partial charge in [0.05, 0.1) is 19.2 Å². The standard InChI is InChI=1S/C25H20ClNO4/c1-30-23(28)14-21-20-11-10-18(26)13-22(20)27-24(21)25(29)17-8-5-9-19(12-17)31-15-16-6-3-2-4-7-16/h2-13,27H,14-15H2,1H3. The molecule has 1 N–H and O–H groups in total. The molecule has 4 aromatic rings. The first-order chi connectivity index (χ1) is 15.0. The molecule has 0 aliphatic heterocycles. The average Bonchev–Trinajstić information content (AvgIpc) is 3.15. The van der Waals surface area contributed by atoms with Gasteiger partial charge < -0.3 is 14.5 Å². The van der Waals surface area contributed by atoms with Gasteiger partial charge in [0.2, 0.25) is 5.78 Å². The fourth-order valence-corrected chi connectivity index (χ4v) is 3.61. The van der Waals surface area contributed by atoms with Gasteiger partial charge in [-0.3, -0.25) is 9.59 Å². The number of fused-ring (bicyclic) bond motifs is 1. The first-order valence-electron chi connectivity index (χ1n) is 9.73. The van der Waals surface area contributed by atoms with Crippen molar-refractivity contribution >= 4 is 34.3 Å². The van der Waals surface area contributed by atoms with E-state index < -0.39 is 5.97 Å². The van der Waals surface area contributed by atoms with E-state index in [1.165, 1.54) is 7.11 Å². The van der Waals surface area contributed by atoms with Crippen LogP contribution in [0.3, 0.4) is 0 Å². The Morgan fingerprint density at radius 1 is 0.968 bits per heavy atom. The van der Waals surface area contributed by atoms with Gasteiger partial charge in [-0.05, 0) is 29.8 Å². The zero-order valence-corrected chi connectivity index (χ0v) is 17.6. The molecule has 156 valence electrons. The molecule has 0 aliphatic rings. The number of nitrogens with one attached hydrogen (secondary N) is 1. The van der Waals surface area contributed by atoms with E-state index in [4.69, 9.17) is 21.1 Å². The number of rotatable bonds is 7. The third-order valence-electron chi connectivity index (χ3n) is 4.99. The zero-order valence-electron chi connectivity index (χ0n) is 16.9. The summed E-state index contributed by atoms with van der Waals surface area (Å²) in [6, 6.07) is 22.0. The van der Waals surface area contributed by atoms with Crippen molar-refractivity contribution in [1.82, 2.24) is 4.98 Å². The number of aromatic amines is 1. The first kappa shape index (κ1) is 20.7. The van der Waals surface area contributed by atoms with Crippen LogP contribution in [0, 0.1) is 0 Å². The summed E-state index contributed by atoms with van der Waals surface area (Å²) in [5.41, 5.74) is 3.09. The Balaban J connectivity index is 1.66. The van der Waals surface area contributed by atoms with Crippen LogP contribution in [0.1, 0.15) is 27.2 Å². The molecule has 3 aromatic carbocycles. The molecule has 0 aliphatic carbocycles.